The second kappa shape index (κ2) is 7.21. The molecule has 0 N–H and O–H groups in total. The number of carbonyl (C=O) groups is 1. The Kier molecular flexibility index (Phi) is 4.85. The van der Waals surface area contributed by atoms with Crippen LogP contribution in [0.25, 0.3) is 10.8 Å². The lowest BCUT2D eigenvalue weighted by Gasteiger charge is -2.24. The molecule has 24 heavy (non-hydrogen) atoms. The maximum atomic E-state index is 13.1. The first-order valence-electron chi connectivity index (χ1n) is 8.18. The third-order valence-electron chi connectivity index (χ3n) is 3.83. The van der Waals surface area contributed by atoms with Crippen molar-refractivity contribution >= 4 is 16.7 Å². The molecule has 0 unspecified atom stereocenters. The summed E-state index contributed by atoms with van der Waals surface area (Å²) in [6, 6.07) is 15.5. The molecular formula is C20H21N3O. The summed E-state index contributed by atoms with van der Waals surface area (Å²) in [6.45, 7) is 5.37. The van der Waals surface area contributed by atoms with E-state index in [1.54, 1.807) is 12.4 Å². The molecule has 0 fully saturated rings. The zero-order chi connectivity index (χ0) is 16.9. The Morgan fingerprint density at radius 3 is 2.54 bits per heavy atom. The van der Waals surface area contributed by atoms with Crippen LogP contribution in [0.5, 0.6) is 0 Å². The molecule has 1 amide bonds. The number of pyridine rings is 2. The molecular weight excluding hydrogens is 298 g/mol. The van der Waals surface area contributed by atoms with Gasteiger partial charge in [-0.25, -0.2) is 0 Å². The van der Waals surface area contributed by atoms with Crippen LogP contribution in [0.4, 0.5) is 0 Å². The molecule has 4 nitrogen and oxygen atoms in total. The van der Waals surface area contributed by atoms with Crippen molar-refractivity contribution in [1.82, 2.24) is 14.9 Å². The van der Waals surface area contributed by atoms with Crippen LogP contribution in [-0.4, -0.2) is 27.3 Å². The molecule has 0 atom stereocenters. The van der Waals surface area contributed by atoms with Crippen LogP contribution in [0.15, 0.2) is 60.9 Å². The highest BCUT2D eigenvalue weighted by Crippen LogP contribution is 2.19. The van der Waals surface area contributed by atoms with Crippen molar-refractivity contribution in [2.24, 2.45) is 5.92 Å². The molecule has 0 radical (unpaired) electrons. The fraction of sp³-hybridized carbons (Fsp3) is 0.250. The van der Waals surface area contributed by atoms with Crippen LogP contribution in [0.3, 0.4) is 0 Å². The highest BCUT2D eigenvalue weighted by atomic mass is 16.2. The molecule has 0 aliphatic rings. The van der Waals surface area contributed by atoms with Gasteiger partial charge in [-0.1, -0.05) is 44.2 Å². The number of fused-ring (bicyclic) bond motifs is 1. The summed E-state index contributed by atoms with van der Waals surface area (Å²) < 4.78 is 0. The second-order valence-electron chi connectivity index (χ2n) is 6.28. The molecule has 0 aliphatic heterocycles. The summed E-state index contributed by atoms with van der Waals surface area (Å²) in [5.41, 5.74) is 1.39. The Labute approximate surface area is 142 Å². The van der Waals surface area contributed by atoms with E-state index in [4.69, 9.17) is 0 Å². The maximum absolute atomic E-state index is 13.1. The van der Waals surface area contributed by atoms with Crippen molar-refractivity contribution < 1.29 is 4.79 Å². The number of rotatable bonds is 5. The Morgan fingerprint density at radius 1 is 1.00 bits per heavy atom. The zero-order valence-corrected chi connectivity index (χ0v) is 14.0. The normalized spacial score (nSPS) is 11.0. The monoisotopic (exact) mass is 319 g/mol. The first kappa shape index (κ1) is 16.1. The Morgan fingerprint density at radius 2 is 1.79 bits per heavy atom. The maximum Gasteiger partial charge on any atom is 0.273 e. The van der Waals surface area contributed by atoms with Gasteiger partial charge in [-0.15, -0.1) is 0 Å². The van der Waals surface area contributed by atoms with Crippen LogP contribution in [0.1, 0.15) is 30.0 Å². The summed E-state index contributed by atoms with van der Waals surface area (Å²) in [7, 11) is 0. The van der Waals surface area contributed by atoms with Crippen LogP contribution >= 0.6 is 0 Å². The summed E-state index contributed by atoms with van der Waals surface area (Å²) >= 11 is 0. The highest BCUT2D eigenvalue weighted by Gasteiger charge is 2.20. The number of hydrogen-bond acceptors (Lipinski definition) is 3. The summed E-state index contributed by atoms with van der Waals surface area (Å²) in [6.07, 6.45) is 3.45. The average molecular weight is 319 g/mol. The minimum absolute atomic E-state index is 0.0499. The predicted molar refractivity (Wildman–Crippen MR) is 95.6 cm³/mol. The average Bonchev–Trinajstić information content (AvgIpc) is 2.60. The van der Waals surface area contributed by atoms with Gasteiger partial charge in [-0.3, -0.25) is 14.8 Å². The quantitative estimate of drug-likeness (QED) is 0.716. The van der Waals surface area contributed by atoms with Crippen molar-refractivity contribution in [3.8, 4) is 0 Å². The Bertz CT molecular complexity index is 825. The number of hydrogen-bond donors (Lipinski definition) is 0. The third kappa shape index (κ3) is 3.59. The lowest BCUT2D eigenvalue weighted by molar-refractivity contribution is 0.0716. The van der Waals surface area contributed by atoms with E-state index in [1.807, 2.05) is 53.4 Å². The first-order valence-corrected chi connectivity index (χ1v) is 8.18. The number of amides is 1. The van der Waals surface area contributed by atoms with Crippen LogP contribution in [-0.2, 0) is 6.54 Å². The number of nitrogens with zero attached hydrogens (tertiary/aromatic N) is 3. The van der Waals surface area contributed by atoms with Gasteiger partial charge in [-0.2, -0.15) is 0 Å². The molecule has 0 spiro atoms. The Balaban J connectivity index is 1.95. The zero-order valence-electron chi connectivity index (χ0n) is 14.0. The van der Waals surface area contributed by atoms with E-state index in [2.05, 4.69) is 23.8 Å². The van der Waals surface area contributed by atoms with Crippen molar-refractivity contribution in [3.05, 3.63) is 72.3 Å². The van der Waals surface area contributed by atoms with Gasteiger partial charge < -0.3 is 4.90 Å². The molecule has 3 rings (SSSR count). The minimum Gasteiger partial charge on any atom is -0.331 e. The largest absolute Gasteiger partial charge is 0.331 e. The molecule has 0 saturated heterocycles. The highest BCUT2D eigenvalue weighted by molar-refractivity contribution is 6.05. The molecule has 1 aromatic carbocycles. The fourth-order valence-electron chi connectivity index (χ4n) is 2.79. The molecule has 4 heteroatoms. The first-order chi connectivity index (χ1) is 11.6. The SMILES string of the molecule is CC(C)CN(Cc1ccccn1)C(=O)c1nccc2ccccc12. The number of aromatic nitrogens is 2. The Hall–Kier alpha value is -2.75. The summed E-state index contributed by atoms with van der Waals surface area (Å²) in [5.74, 6) is 0.318. The number of benzene rings is 1. The van der Waals surface area contributed by atoms with Gasteiger partial charge in [0.1, 0.15) is 5.69 Å². The lowest BCUT2D eigenvalue weighted by Crippen LogP contribution is -2.34. The van der Waals surface area contributed by atoms with Crippen molar-refractivity contribution in [2.75, 3.05) is 6.54 Å². The van der Waals surface area contributed by atoms with Crippen LogP contribution < -0.4 is 0 Å². The van der Waals surface area contributed by atoms with Crippen LogP contribution in [0.2, 0.25) is 0 Å². The second-order valence-corrected chi connectivity index (χ2v) is 6.28. The van der Waals surface area contributed by atoms with Gasteiger partial charge in [-0.05, 0) is 29.5 Å². The lowest BCUT2D eigenvalue weighted by atomic mass is 10.1. The van der Waals surface area contributed by atoms with Crippen LogP contribution in [0, 0.1) is 5.92 Å². The van der Waals surface area contributed by atoms with Gasteiger partial charge in [0.05, 0.1) is 12.2 Å². The van der Waals surface area contributed by atoms with E-state index in [9.17, 15) is 4.79 Å². The molecule has 0 bridgehead atoms. The summed E-state index contributed by atoms with van der Waals surface area (Å²) in [5, 5.41) is 1.91. The van der Waals surface area contributed by atoms with E-state index >= 15 is 0 Å². The third-order valence-corrected chi connectivity index (χ3v) is 3.83. The van der Waals surface area contributed by atoms with Crippen molar-refractivity contribution in [1.29, 1.82) is 0 Å². The van der Waals surface area contributed by atoms with Crippen molar-refractivity contribution in [3.63, 3.8) is 0 Å². The van der Waals surface area contributed by atoms with Gasteiger partial charge in [0.15, 0.2) is 0 Å². The van der Waals surface area contributed by atoms with Crippen molar-refractivity contribution in [2.45, 2.75) is 20.4 Å². The van der Waals surface area contributed by atoms with E-state index in [0.29, 0.717) is 24.7 Å². The fourth-order valence-corrected chi connectivity index (χ4v) is 2.79. The number of carbonyl (C=O) groups excluding carboxylic acids is 1. The smallest absolute Gasteiger partial charge is 0.273 e. The molecule has 0 aliphatic carbocycles. The molecule has 3 aromatic rings. The molecule has 2 heterocycles. The van der Waals surface area contributed by atoms with E-state index in [0.717, 1.165) is 16.5 Å². The molecule has 2 aromatic heterocycles. The predicted octanol–water partition coefficient (Wildman–Crippen LogP) is 3.93. The minimum atomic E-state index is -0.0499. The summed E-state index contributed by atoms with van der Waals surface area (Å²) in [4.78, 5) is 23.7. The molecule has 0 saturated carbocycles. The van der Waals surface area contributed by atoms with Gasteiger partial charge in [0, 0.05) is 24.3 Å². The van der Waals surface area contributed by atoms with E-state index < -0.39 is 0 Å². The van der Waals surface area contributed by atoms with Gasteiger partial charge >= 0.3 is 0 Å². The van der Waals surface area contributed by atoms with Gasteiger partial charge in [0.2, 0.25) is 0 Å². The standard InChI is InChI=1S/C20H21N3O/c1-15(2)13-23(14-17-8-5-6-11-21-17)20(24)19-18-9-4-3-7-16(18)10-12-22-19/h3-12,15H,13-14H2,1-2H3. The topological polar surface area (TPSA) is 46.1 Å². The van der Waals surface area contributed by atoms with E-state index in [-0.39, 0.29) is 5.91 Å². The molecule has 122 valence electrons. The van der Waals surface area contributed by atoms with Gasteiger partial charge in [0.25, 0.3) is 5.91 Å². The van der Waals surface area contributed by atoms with E-state index in [1.165, 1.54) is 0 Å².